The summed E-state index contributed by atoms with van der Waals surface area (Å²) in [5, 5.41) is 16.4. The second-order valence-corrected chi connectivity index (χ2v) is 8.06. The highest BCUT2D eigenvalue weighted by Crippen LogP contribution is 2.28. The molecule has 11 nitrogen and oxygen atoms in total. The van der Waals surface area contributed by atoms with E-state index in [-0.39, 0.29) is 42.0 Å². The van der Waals surface area contributed by atoms with Crippen LogP contribution in [-0.4, -0.2) is 57.9 Å². The van der Waals surface area contributed by atoms with Gasteiger partial charge in [-0.05, 0) is 44.9 Å². The number of nitrogens with two attached hydrogens (primary N) is 1. The van der Waals surface area contributed by atoms with Crippen molar-refractivity contribution in [2.24, 2.45) is 5.22 Å². The Morgan fingerprint density at radius 2 is 2.09 bits per heavy atom. The van der Waals surface area contributed by atoms with E-state index in [1.807, 2.05) is 13.8 Å². The first-order valence-electron chi connectivity index (χ1n) is 10.6. The lowest BCUT2D eigenvalue weighted by Gasteiger charge is -2.32. The van der Waals surface area contributed by atoms with Crippen LogP contribution in [0.3, 0.4) is 0 Å². The Hall–Kier alpha value is -3.70. The molecule has 0 aliphatic carbocycles. The summed E-state index contributed by atoms with van der Waals surface area (Å²) in [6.45, 7) is 4.77. The molecule has 4 N–H and O–H groups in total. The molecular weight excluding hydrogens is 431 g/mol. The SMILES string of the molecule is CC(C)OC(=O)N1CCC(n2ncc(COc3ccc(C(=N)N(C)N=N)cc3F)c2N)CC1. The molecule has 2 heterocycles. The van der Waals surface area contributed by atoms with Crippen LogP contribution >= 0.6 is 0 Å². The summed E-state index contributed by atoms with van der Waals surface area (Å²) >= 11 is 0. The van der Waals surface area contributed by atoms with E-state index in [2.05, 4.69) is 10.3 Å². The molecule has 1 fully saturated rings. The number of piperidine rings is 1. The van der Waals surface area contributed by atoms with Crippen molar-refractivity contribution >= 4 is 17.7 Å². The van der Waals surface area contributed by atoms with Crippen LogP contribution in [0.4, 0.5) is 15.0 Å². The first-order valence-corrected chi connectivity index (χ1v) is 10.6. The number of aromatic nitrogens is 2. The molecule has 0 atom stereocenters. The van der Waals surface area contributed by atoms with Gasteiger partial charge < -0.3 is 20.1 Å². The second kappa shape index (κ2) is 10.3. The predicted molar refractivity (Wildman–Crippen MR) is 119 cm³/mol. The molecule has 12 heteroatoms. The van der Waals surface area contributed by atoms with Gasteiger partial charge in [-0.15, -0.1) is 0 Å². The third kappa shape index (κ3) is 5.57. The van der Waals surface area contributed by atoms with Crippen molar-refractivity contribution in [3.05, 3.63) is 41.3 Å². The molecule has 2 aromatic rings. The van der Waals surface area contributed by atoms with Crippen molar-refractivity contribution in [2.45, 2.75) is 45.4 Å². The van der Waals surface area contributed by atoms with Crippen molar-refractivity contribution in [3.8, 4) is 5.75 Å². The number of halogens is 1. The maximum absolute atomic E-state index is 14.4. The number of benzene rings is 1. The zero-order chi connectivity index (χ0) is 24.1. The molecular formula is C21H29FN8O3. The van der Waals surface area contributed by atoms with E-state index in [0.717, 1.165) is 11.1 Å². The summed E-state index contributed by atoms with van der Waals surface area (Å²) in [5.74, 6) is -0.288. The average molecular weight is 461 g/mol. The topological polar surface area (TPSA) is 146 Å². The van der Waals surface area contributed by atoms with Crippen molar-refractivity contribution in [2.75, 3.05) is 25.9 Å². The molecule has 1 aromatic carbocycles. The number of anilines is 1. The summed E-state index contributed by atoms with van der Waals surface area (Å²) in [6, 6.07) is 4.14. The van der Waals surface area contributed by atoms with E-state index < -0.39 is 5.82 Å². The summed E-state index contributed by atoms with van der Waals surface area (Å²) in [5.41, 5.74) is 14.1. The standard InChI is InChI=1S/C21H29FN8O3/c1-13(2)33-21(31)29-8-6-16(7-9-29)30-20(24)15(11-26-30)12-32-18-5-4-14(10-17(18)22)19(23)28(3)27-25/h4-5,10-11,13,16,23,25H,6-9,12,24H2,1-3H3. The van der Waals surface area contributed by atoms with Gasteiger partial charge in [0.15, 0.2) is 11.6 Å². The normalized spacial score (nSPS) is 14.3. The Morgan fingerprint density at radius 1 is 1.39 bits per heavy atom. The Kier molecular flexibility index (Phi) is 7.46. The molecule has 0 unspecified atom stereocenters. The zero-order valence-electron chi connectivity index (χ0n) is 18.9. The summed E-state index contributed by atoms with van der Waals surface area (Å²) in [6.07, 6.45) is 2.52. The largest absolute Gasteiger partial charge is 0.486 e. The van der Waals surface area contributed by atoms with Crippen LogP contribution in [0.2, 0.25) is 0 Å². The number of ether oxygens (including phenoxy) is 2. The van der Waals surface area contributed by atoms with Gasteiger partial charge in [-0.3, -0.25) is 5.41 Å². The minimum absolute atomic E-state index is 0.0149. The number of carbonyl (C=O) groups excluding carboxylic acids is 1. The highest BCUT2D eigenvalue weighted by molar-refractivity contribution is 5.96. The van der Waals surface area contributed by atoms with Crippen LogP contribution in [0.1, 0.15) is 43.9 Å². The van der Waals surface area contributed by atoms with E-state index in [1.165, 1.54) is 19.2 Å². The van der Waals surface area contributed by atoms with Crippen LogP contribution < -0.4 is 10.5 Å². The fourth-order valence-corrected chi connectivity index (χ4v) is 3.54. The van der Waals surface area contributed by atoms with Gasteiger partial charge in [-0.1, -0.05) is 5.22 Å². The third-order valence-electron chi connectivity index (χ3n) is 5.38. The Bertz CT molecular complexity index is 1020. The predicted octanol–water partition coefficient (Wildman–Crippen LogP) is 3.57. The number of hydrogen-bond donors (Lipinski definition) is 3. The minimum atomic E-state index is -0.637. The van der Waals surface area contributed by atoms with E-state index in [0.29, 0.717) is 37.3 Å². The molecule has 1 aromatic heterocycles. The molecule has 1 aliphatic heterocycles. The monoisotopic (exact) mass is 460 g/mol. The van der Waals surface area contributed by atoms with E-state index in [9.17, 15) is 9.18 Å². The third-order valence-corrected chi connectivity index (χ3v) is 5.38. The lowest BCUT2D eigenvalue weighted by atomic mass is 10.1. The number of amides is 1. The number of nitrogens with one attached hydrogen (secondary N) is 2. The first kappa shape index (κ1) is 24.0. The molecule has 1 saturated heterocycles. The highest BCUT2D eigenvalue weighted by Gasteiger charge is 2.27. The van der Waals surface area contributed by atoms with Gasteiger partial charge in [-0.25, -0.2) is 18.9 Å². The number of rotatable bonds is 7. The number of amidine groups is 1. The Balaban J connectivity index is 1.59. The minimum Gasteiger partial charge on any atom is -0.486 e. The second-order valence-electron chi connectivity index (χ2n) is 8.06. The van der Waals surface area contributed by atoms with Gasteiger partial charge in [0.05, 0.1) is 23.9 Å². The van der Waals surface area contributed by atoms with Crippen LogP contribution in [0.5, 0.6) is 5.75 Å². The number of carbonyl (C=O) groups is 1. The number of nitrogen functional groups attached to an aromatic ring is 1. The number of hydrogen-bond acceptors (Lipinski definition) is 8. The van der Waals surface area contributed by atoms with E-state index in [4.69, 9.17) is 26.1 Å². The molecule has 33 heavy (non-hydrogen) atoms. The Labute approximate surface area is 191 Å². The lowest BCUT2D eigenvalue weighted by molar-refractivity contribution is 0.0655. The van der Waals surface area contributed by atoms with Crippen molar-refractivity contribution in [3.63, 3.8) is 0 Å². The lowest BCUT2D eigenvalue weighted by Crippen LogP contribution is -2.40. The summed E-state index contributed by atoms with van der Waals surface area (Å²) in [7, 11) is 1.43. The molecule has 0 saturated carbocycles. The van der Waals surface area contributed by atoms with Gasteiger partial charge in [0.1, 0.15) is 18.3 Å². The average Bonchev–Trinajstić information content (AvgIpc) is 3.17. The van der Waals surface area contributed by atoms with Crippen molar-refractivity contribution < 1.29 is 18.7 Å². The van der Waals surface area contributed by atoms with E-state index >= 15 is 0 Å². The van der Waals surface area contributed by atoms with Gasteiger partial charge in [-0.2, -0.15) is 10.6 Å². The summed E-state index contributed by atoms with van der Waals surface area (Å²) < 4.78 is 27.0. The van der Waals surface area contributed by atoms with Crippen molar-refractivity contribution in [1.82, 2.24) is 19.7 Å². The van der Waals surface area contributed by atoms with Gasteiger partial charge in [0.25, 0.3) is 0 Å². The van der Waals surface area contributed by atoms with Crippen LogP contribution in [0.25, 0.3) is 0 Å². The molecule has 178 valence electrons. The highest BCUT2D eigenvalue weighted by atomic mass is 19.1. The molecule has 0 bridgehead atoms. The smallest absolute Gasteiger partial charge is 0.410 e. The van der Waals surface area contributed by atoms with E-state index in [1.54, 1.807) is 15.8 Å². The fourth-order valence-electron chi connectivity index (χ4n) is 3.54. The van der Waals surface area contributed by atoms with Crippen LogP contribution in [0, 0.1) is 16.8 Å². The van der Waals surface area contributed by atoms with Gasteiger partial charge >= 0.3 is 6.09 Å². The summed E-state index contributed by atoms with van der Waals surface area (Å²) in [4.78, 5) is 13.7. The Morgan fingerprint density at radius 3 is 2.70 bits per heavy atom. The molecule has 3 rings (SSSR count). The molecule has 0 spiro atoms. The van der Waals surface area contributed by atoms with Crippen LogP contribution in [-0.2, 0) is 11.3 Å². The molecule has 0 radical (unpaired) electrons. The first-order chi connectivity index (χ1) is 15.7. The van der Waals surface area contributed by atoms with Gasteiger partial charge in [0, 0.05) is 25.7 Å². The van der Waals surface area contributed by atoms with Crippen molar-refractivity contribution in [1.29, 1.82) is 10.9 Å². The number of nitrogens with zero attached hydrogens (tertiary/aromatic N) is 5. The van der Waals surface area contributed by atoms with Crippen LogP contribution in [0.15, 0.2) is 29.6 Å². The maximum atomic E-state index is 14.4. The fraction of sp³-hybridized carbons (Fsp3) is 0.476. The zero-order valence-corrected chi connectivity index (χ0v) is 18.9. The molecule has 1 aliphatic rings. The number of likely N-dealkylation sites (tertiary alicyclic amines) is 1. The molecule has 1 amide bonds. The quantitative estimate of drug-likeness (QED) is 0.249. The maximum Gasteiger partial charge on any atom is 0.410 e. The van der Waals surface area contributed by atoms with Gasteiger partial charge in [0.2, 0.25) is 0 Å².